The summed E-state index contributed by atoms with van der Waals surface area (Å²) in [6, 6.07) is 7.30. The number of carbonyl (C=O) groups is 2. The predicted molar refractivity (Wildman–Crippen MR) is 114 cm³/mol. The lowest BCUT2D eigenvalue weighted by atomic mass is 10.1. The second-order valence-corrected chi connectivity index (χ2v) is 7.96. The van der Waals surface area contributed by atoms with Crippen molar-refractivity contribution in [1.82, 2.24) is 14.7 Å². The summed E-state index contributed by atoms with van der Waals surface area (Å²) in [6.45, 7) is 8.04. The van der Waals surface area contributed by atoms with E-state index in [1.54, 1.807) is 13.0 Å². The topological polar surface area (TPSA) is 87.2 Å². The maximum Gasteiger partial charge on any atom is 0.339 e. The highest BCUT2D eigenvalue weighted by atomic mass is 32.1. The van der Waals surface area contributed by atoms with Gasteiger partial charge in [0.15, 0.2) is 6.61 Å². The molecule has 4 heterocycles. The lowest BCUT2D eigenvalue weighted by Crippen LogP contribution is -2.15. The second-order valence-electron chi connectivity index (χ2n) is 7.01. The molecule has 0 aliphatic carbocycles. The SMILES string of the molecule is CCn1c(C)cc(C(=O)COC(=O)c2cc(-c3cccs3)nc3onc(C)c23)c1C. The maximum atomic E-state index is 12.9. The molecule has 0 fully saturated rings. The number of ether oxygens (including phenoxy) is 1. The standard InChI is InChI=1S/C22H21N3O4S/c1-5-25-12(2)9-15(14(25)4)18(26)11-28-22(27)16-10-17(19-7-6-8-30-19)23-21-20(16)13(3)24-29-21/h6-10H,5,11H2,1-4H3. The number of hydrogen-bond donors (Lipinski definition) is 0. The zero-order valence-corrected chi connectivity index (χ0v) is 18.0. The predicted octanol–water partition coefficient (Wildman–Crippen LogP) is 4.74. The van der Waals surface area contributed by atoms with Crippen LogP contribution in [0.25, 0.3) is 21.7 Å². The lowest BCUT2D eigenvalue weighted by Gasteiger charge is -2.08. The van der Waals surface area contributed by atoms with E-state index in [9.17, 15) is 9.59 Å². The van der Waals surface area contributed by atoms with Crippen LogP contribution in [0, 0.1) is 20.8 Å². The molecular weight excluding hydrogens is 402 g/mol. The fraction of sp³-hybridized carbons (Fsp3) is 0.273. The van der Waals surface area contributed by atoms with Crippen molar-refractivity contribution in [3.8, 4) is 10.6 Å². The van der Waals surface area contributed by atoms with Gasteiger partial charge in [-0.3, -0.25) is 4.79 Å². The third-order valence-electron chi connectivity index (χ3n) is 5.14. The van der Waals surface area contributed by atoms with E-state index >= 15 is 0 Å². The van der Waals surface area contributed by atoms with Crippen molar-refractivity contribution in [2.75, 3.05) is 6.61 Å². The Morgan fingerprint density at radius 1 is 1.20 bits per heavy atom. The number of carbonyl (C=O) groups excluding carboxylic acids is 2. The molecule has 8 heteroatoms. The average Bonchev–Trinajstić information content (AvgIpc) is 3.45. The molecule has 0 bridgehead atoms. The van der Waals surface area contributed by atoms with E-state index in [2.05, 4.69) is 14.7 Å². The first-order valence-electron chi connectivity index (χ1n) is 9.58. The Kier molecular flexibility index (Phi) is 5.26. The number of esters is 1. The van der Waals surface area contributed by atoms with Gasteiger partial charge < -0.3 is 13.8 Å². The Labute approximate surface area is 177 Å². The van der Waals surface area contributed by atoms with E-state index in [1.807, 2.05) is 44.4 Å². The molecule has 0 saturated carbocycles. The minimum Gasteiger partial charge on any atom is -0.454 e. The average molecular weight is 423 g/mol. The van der Waals surface area contributed by atoms with Crippen molar-refractivity contribution >= 4 is 34.2 Å². The van der Waals surface area contributed by atoms with Gasteiger partial charge in [-0.05, 0) is 51.3 Å². The summed E-state index contributed by atoms with van der Waals surface area (Å²) in [5.41, 5.74) is 4.14. The van der Waals surface area contributed by atoms with Gasteiger partial charge in [-0.1, -0.05) is 11.2 Å². The number of nitrogens with zero attached hydrogens (tertiary/aromatic N) is 3. The third kappa shape index (κ3) is 3.43. The molecule has 0 atom stereocenters. The van der Waals surface area contributed by atoms with Gasteiger partial charge in [-0.25, -0.2) is 9.78 Å². The molecular formula is C22H21N3O4S. The number of thiophene rings is 1. The summed E-state index contributed by atoms with van der Waals surface area (Å²) in [5.74, 6) is -0.842. The molecule has 0 radical (unpaired) electrons. The largest absolute Gasteiger partial charge is 0.454 e. The van der Waals surface area contributed by atoms with Crippen LogP contribution in [0.2, 0.25) is 0 Å². The highest BCUT2D eigenvalue weighted by molar-refractivity contribution is 7.13. The van der Waals surface area contributed by atoms with Gasteiger partial charge >= 0.3 is 5.97 Å². The monoisotopic (exact) mass is 423 g/mol. The summed E-state index contributed by atoms with van der Waals surface area (Å²) >= 11 is 1.50. The molecule has 4 rings (SSSR count). The van der Waals surface area contributed by atoms with Crippen LogP contribution in [0.15, 0.2) is 34.2 Å². The van der Waals surface area contributed by atoms with Gasteiger partial charge in [0.25, 0.3) is 5.71 Å². The number of fused-ring (bicyclic) bond motifs is 1. The first-order valence-corrected chi connectivity index (χ1v) is 10.5. The fourth-order valence-electron chi connectivity index (χ4n) is 3.66. The molecule has 0 N–H and O–H groups in total. The molecule has 30 heavy (non-hydrogen) atoms. The Morgan fingerprint density at radius 3 is 2.67 bits per heavy atom. The molecule has 0 amide bonds. The van der Waals surface area contributed by atoms with Crippen LogP contribution in [0.3, 0.4) is 0 Å². The fourth-order valence-corrected chi connectivity index (χ4v) is 4.35. The van der Waals surface area contributed by atoms with Crippen molar-refractivity contribution in [3.05, 3.63) is 57.9 Å². The van der Waals surface area contributed by atoms with Gasteiger partial charge in [-0.15, -0.1) is 11.3 Å². The summed E-state index contributed by atoms with van der Waals surface area (Å²) < 4.78 is 12.7. The highest BCUT2D eigenvalue weighted by Gasteiger charge is 2.22. The Hall–Kier alpha value is -3.26. The van der Waals surface area contributed by atoms with Crippen molar-refractivity contribution in [1.29, 1.82) is 0 Å². The van der Waals surface area contributed by atoms with Crippen LogP contribution in [0.1, 0.15) is 44.7 Å². The molecule has 4 aromatic rings. The third-order valence-corrected chi connectivity index (χ3v) is 6.03. The zero-order chi connectivity index (χ0) is 21.4. The van der Waals surface area contributed by atoms with E-state index in [1.165, 1.54) is 11.3 Å². The van der Waals surface area contributed by atoms with Crippen LogP contribution >= 0.6 is 11.3 Å². The zero-order valence-electron chi connectivity index (χ0n) is 17.2. The Morgan fingerprint density at radius 2 is 2.00 bits per heavy atom. The highest BCUT2D eigenvalue weighted by Crippen LogP contribution is 2.29. The Balaban J connectivity index is 1.62. The molecule has 0 spiro atoms. The van der Waals surface area contributed by atoms with Crippen LogP contribution in [-0.4, -0.2) is 33.1 Å². The number of rotatable bonds is 6. The quantitative estimate of drug-likeness (QED) is 0.329. The molecule has 7 nitrogen and oxygen atoms in total. The number of aromatic nitrogens is 3. The van der Waals surface area contributed by atoms with Crippen molar-refractivity contribution < 1.29 is 18.8 Å². The summed E-state index contributed by atoms with van der Waals surface area (Å²) in [6.07, 6.45) is 0. The molecule has 0 aromatic carbocycles. The molecule has 0 aliphatic rings. The molecule has 0 aliphatic heterocycles. The first kappa shape index (κ1) is 20.0. The smallest absolute Gasteiger partial charge is 0.339 e. The van der Waals surface area contributed by atoms with Gasteiger partial charge in [0.2, 0.25) is 5.78 Å². The van der Waals surface area contributed by atoms with Gasteiger partial charge in [0, 0.05) is 23.5 Å². The van der Waals surface area contributed by atoms with E-state index in [0.29, 0.717) is 22.3 Å². The number of Topliss-reactive ketones (excluding diaryl/α,β-unsaturated/α-hetero) is 1. The molecule has 154 valence electrons. The molecule has 4 aromatic heterocycles. The van der Waals surface area contributed by atoms with Gasteiger partial charge in [-0.2, -0.15) is 0 Å². The second kappa shape index (κ2) is 7.87. The minimum absolute atomic E-state index is 0.234. The minimum atomic E-state index is -0.607. The number of aryl methyl sites for hydroxylation is 2. The lowest BCUT2D eigenvalue weighted by molar-refractivity contribution is 0.0476. The summed E-state index contributed by atoms with van der Waals surface area (Å²) in [4.78, 5) is 30.9. The van der Waals surface area contributed by atoms with Crippen molar-refractivity contribution in [2.24, 2.45) is 0 Å². The van der Waals surface area contributed by atoms with Crippen LogP contribution in [0.5, 0.6) is 0 Å². The van der Waals surface area contributed by atoms with E-state index in [-0.39, 0.29) is 23.7 Å². The number of hydrogen-bond acceptors (Lipinski definition) is 7. The van der Waals surface area contributed by atoms with E-state index in [0.717, 1.165) is 22.8 Å². The van der Waals surface area contributed by atoms with Crippen molar-refractivity contribution in [3.63, 3.8) is 0 Å². The normalized spacial score (nSPS) is 11.2. The number of ketones is 1. The molecule has 0 unspecified atom stereocenters. The van der Waals surface area contributed by atoms with Crippen LogP contribution in [-0.2, 0) is 11.3 Å². The van der Waals surface area contributed by atoms with Gasteiger partial charge in [0.1, 0.15) is 0 Å². The van der Waals surface area contributed by atoms with Crippen LogP contribution in [0.4, 0.5) is 0 Å². The summed E-state index contributed by atoms with van der Waals surface area (Å²) in [7, 11) is 0. The van der Waals surface area contributed by atoms with Crippen LogP contribution < -0.4 is 0 Å². The van der Waals surface area contributed by atoms with Gasteiger partial charge in [0.05, 0.1) is 27.2 Å². The van der Waals surface area contributed by atoms with E-state index in [4.69, 9.17) is 9.26 Å². The van der Waals surface area contributed by atoms with Crippen molar-refractivity contribution in [2.45, 2.75) is 34.2 Å². The maximum absolute atomic E-state index is 12.9. The Bertz CT molecular complexity index is 1250. The molecule has 0 saturated heterocycles. The van der Waals surface area contributed by atoms with E-state index < -0.39 is 5.97 Å². The first-order chi connectivity index (χ1) is 14.4. The number of pyridine rings is 1. The summed E-state index contributed by atoms with van der Waals surface area (Å²) in [5, 5.41) is 6.35.